The largest absolute Gasteiger partial charge is 0.296 e. The molecule has 0 aliphatic carbocycles. The minimum Gasteiger partial charge on any atom is -0.296 e. The summed E-state index contributed by atoms with van der Waals surface area (Å²) in [5.74, 6) is 0. The number of fused-ring (bicyclic) bond motifs is 27. The van der Waals surface area contributed by atoms with Crippen molar-refractivity contribution in [2.45, 2.75) is 0 Å². The lowest BCUT2D eigenvalue weighted by atomic mass is 9.32. The Morgan fingerprint density at radius 1 is 0.235 bits per heavy atom. The van der Waals surface area contributed by atoms with E-state index in [9.17, 15) is 0 Å². The monoisotopic (exact) mass is 1460 g/mol. The predicted molar refractivity (Wildman–Crippen MR) is 470 cm³/mol. The zero-order valence-corrected chi connectivity index (χ0v) is 61.2. The highest BCUT2D eigenvalue weighted by Gasteiger charge is 2.45. The van der Waals surface area contributed by atoms with Crippen LogP contribution in [0.25, 0.3) is 216 Å². The Hall–Kier alpha value is -15.5. The second-order valence-electron chi connectivity index (χ2n) is 31.2. The summed E-state index contributed by atoms with van der Waals surface area (Å²) in [6.45, 7) is -0.220. The maximum Gasteiger partial charge on any atom is 0.252 e. The summed E-state index contributed by atoms with van der Waals surface area (Å²) >= 11 is 0. The van der Waals surface area contributed by atoms with Crippen LogP contribution in [-0.4, -0.2) is 75.3 Å². The number of nitrogens with zero attached hydrogens (tertiary/aromatic N) is 13. The van der Waals surface area contributed by atoms with Crippen LogP contribution in [-0.2, 0) is 0 Å². The minimum absolute atomic E-state index is 0.104. The van der Waals surface area contributed by atoms with E-state index < -0.39 is 0 Å². The lowest BCUT2D eigenvalue weighted by Gasteiger charge is -2.34. The highest BCUT2D eigenvalue weighted by molar-refractivity contribution is 7.01. The average Bonchev–Trinajstić information content (AvgIpc) is 1.54. The van der Waals surface area contributed by atoms with Crippen LogP contribution in [0.1, 0.15) is 0 Å². The third-order valence-corrected chi connectivity index (χ3v) is 25.7. The molecule has 0 bridgehead atoms. The molecule has 17 heterocycles. The summed E-state index contributed by atoms with van der Waals surface area (Å²) in [4.78, 5) is 31.7. The molecule has 11 aromatic carbocycles. The van der Waals surface area contributed by atoms with Gasteiger partial charge in [0.25, 0.3) is 6.71 Å². The maximum atomic E-state index is 5.71. The van der Waals surface area contributed by atoms with Crippen LogP contribution >= 0.6 is 0 Å². The second-order valence-corrected chi connectivity index (χ2v) is 31.2. The second kappa shape index (κ2) is 21.8. The fourth-order valence-electron chi connectivity index (χ4n) is 21.5. The van der Waals surface area contributed by atoms with Crippen LogP contribution in [0.5, 0.6) is 0 Å². The van der Waals surface area contributed by atoms with Crippen molar-refractivity contribution in [2.75, 3.05) is 0 Å². The number of rotatable bonds is 7. The van der Waals surface area contributed by atoms with E-state index in [-0.39, 0.29) is 13.4 Å². The summed E-state index contributed by atoms with van der Waals surface area (Å²) < 4.78 is 17.4. The van der Waals surface area contributed by atoms with Crippen molar-refractivity contribution in [2.24, 2.45) is 0 Å². The third kappa shape index (κ3) is 7.56. The molecule has 4 aliphatic rings. The van der Waals surface area contributed by atoms with Crippen molar-refractivity contribution >= 4 is 178 Å². The Kier molecular flexibility index (Phi) is 11.4. The molecule has 0 saturated carbocycles. The highest BCUT2D eigenvalue weighted by atomic mass is 15.2. The zero-order chi connectivity index (χ0) is 74.3. The number of hydrogen-bond donors (Lipinski definition) is 0. The van der Waals surface area contributed by atoms with Gasteiger partial charge < -0.3 is 0 Å². The van der Waals surface area contributed by atoms with Crippen molar-refractivity contribution in [3.63, 3.8) is 0 Å². The van der Waals surface area contributed by atoms with Crippen LogP contribution in [0.2, 0.25) is 0 Å². The highest BCUT2D eigenvalue weighted by Crippen LogP contribution is 2.51. The van der Waals surface area contributed by atoms with Crippen LogP contribution in [0.3, 0.4) is 0 Å². The van der Waals surface area contributed by atoms with Gasteiger partial charge in [-0.15, -0.1) is 0 Å². The van der Waals surface area contributed by atoms with Gasteiger partial charge in [0.1, 0.15) is 28.2 Å². The molecule has 0 N–H and O–H groups in total. The Balaban J connectivity index is 0.688. The fourth-order valence-corrected chi connectivity index (χ4v) is 21.5. The van der Waals surface area contributed by atoms with E-state index >= 15 is 0 Å². The molecular formula is C100H55B2N13. The number of benzene rings is 11. The Morgan fingerprint density at radius 2 is 0.704 bits per heavy atom. The van der Waals surface area contributed by atoms with Gasteiger partial charge in [-0.25, -0.2) is 9.97 Å². The van der Waals surface area contributed by atoms with Crippen LogP contribution in [0.4, 0.5) is 0 Å². The quantitative estimate of drug-likeness (QED) is 0.147. The average molecular weight is 1460 g/mol. The summed E-state index contributed by atoms with van der Waals surface area (Å²) in [5, 5.41) is 12.8. The number of aromatic nitrogens is 13. The molecule has 0 spiro atoms. The van der Waals surface area contributed by atoms with Gasteiger partial charge in [0, 0.05) is 131 Å². The van der Waals surface area contributed by atoms with Gasteiger partial charge in [-0.05, 0) is 200 Å². The molecule has 4 aliphatic heterocycles. The summed E-state index contributed by atoms with van der Waals surface area (Å²) in [6.07, 6.45) is 11.7. The fraction of sp³-hybridized carbons (Fsp3) is 0. The van der Waals surface area contributed by atoms with Gasteiger partial charge in [-0.2, -0.15) is 0 Å². The number of hydrogen-bond acceptors (Lipinski definition) is 6. The van der Waals surface area contributed by atoms with Crippen LogP contribution in [0.15, 0.2) is 334 Å². The molecule has 13 nitrogen and oxygen atoms in total. The molecule has 24 aromatic rings. The molecule has 0 saturated heterocycles. The zero-order valence-electron chi connectivity index (χ0n) is 61.2. The van der Waals surface area contributed by atoms with Gasteiger partial charge >= 0.3 is 0 Å². The summed E-state index contributed by atoms with van der Waals surface area (Å²) in [6, 6.07) is 109. The molecule has 0 unspecified atom stereocenters. The Morgan fingerprint density at radius 3 is 1.31 bits per heavy atom. The molecule has 0 amide bonds. The van der Waals surface area contributed by atoms with Crippen molar-refractivity contribution in [3.8, 4) is 84.6 Å². The van der Waals surface area contributed by atoms with Gasteiger partial charge in [0.05, 0.1) is 66.3 Å². The number of pyridine rings is 6. The molecule has 115 heavy (non-hydrogen) atoms. The van der Waals surface area contributed by atoms with Gasteiger partial charge in [0.15, 0.2) is 0 Å². The molecule has 13 aromatic heterocycles. The van der Waals surface area contributed by atoms with E-state index in [4.69, 9.17) is 29.9 Å². The summed E-state index contributed by atoms with van der Waals surface area (Å²) in [7, 11) is 0. The Labute approximate surface area is 654 Å². The van der Waals surface area contributed by atoms with E-state index in [0.717, 1.165) is 162 Å². The number of para-hydroxylation sites is 6. The topological polar surface area (TPSA) is 112 Å². The first-order valence-electron chi connectivity index (χ1n) is 39.3. The van der Waals surface area contributed by atoms with E-state index in [2.05, 4.69) is 323 Å². The van der Waals surface area contributed by atoms with Crippen molar-refractivity contribution < 1.29 is 0 Å². The maximum absolute atomic E-state index is 5.71. The normalized spacial score (nSPS) is 13.0. The van der Waals surface area contributed by atoms with E-state index in [1.807, 2.05) is 43.1 Å². The first-order chi connectivity index (χ1) is 57.1. The van der Waals surface area contributed by atoms with Gasteiger partial charge in [0.2, 0.25) is 6.71 Å². The molecule has 28 rings (SSSR count). The Bertz CT molecular complexity index is 8540. The van der Waals surface area contributed by atoms with Gasteiger partial charge in [-0.1, -0.05) is 157 Å². The lowest BCUT2D eigenvalue weighted by molar-refractivity contribution is 1.05. The molecule has 526 valence electrons. The van der Waals surface area contributed by atoms with E-state index in [1.54, 1.807) is 0 Å². The van der Waals surface area contributed by atoms with E-state index in [1.165, 1.54) is 87.4 Å². The summed E-state index contributed by atoms with van der Waals surface area (Å²) in [5.41, 5.74) is 37.0. The SMILES string of the molecule is c1ccc(-n2c3cc4c5c(cccc5c3c3cccnc32)B2c3c-4cc(-c4ccccn4)cc3-n3c4c2cccc4c2c4cc(-c5cccc(-n6c7cccnc7c7c8cccc9c8n(c76)-c6cc(-c7ccccn7)cc7c6B9c6cccc8c9c%10ncccc%10n(-c%10ccccc%10)c9n-7c68)c5)cnc4n(-c4ccccc4)c23)cc1. The minimum atomic E-state index is -0.116. The van der Waals surface area contributed by atoms with Crippen LogP contribution in [0, 0.1) is 0 Å². The van der Waals surface area contributed by atoms with Crippen molar-refractivity contribution in [3.05, 3.63) is 334 Å². The van der Waals surface area contributed by atoms with Crippen LogP contribution < -0.4 is 32.8 Å². The molecular weight excluding hydrogens is 1400 g/mol. The standard InChI is InChI=1S/C100H55B2N13/c1-4-23-60(24-5-1)109-80-54-69-70-49-57(76-39-10-12-43-103-76)51-81-89(70)101(72-35-15-30-64(84(69)72)85(80)68-34-19-47-107-96(68)109)73-36-16-31-65-86-71-50-59(55-108-97(71)112(62-27-8-3-9-28-62)98(86)113(81)93(65)73)56-22-14-29-63(48-56)111-79-42-21-46-106-92(79)88-67-33-18-38-75-95(67)115(100(88)111)83-53-58(77-40-11-13-44-104-77)52-82-90(83)102(75)74-37-17-32-66-87-91-78(41-20-45-105-91)110(61-25-6-2-7-26-61)99(87)114(82)94(66)74/h1-55H. The smallest absolute Gasteiger partial charge is 0.252 e. The molecule has 0 radical (unpaired) electrons. The lowest BCUT2D eigenvalue weighted by Crippen LogP contribution is -2.59. The first-order valence-corrected chi connectivity index (χ1v) is 39.3. The molecule has 0 atom stereocenters. The first kappa shape index (κ1) is 60.4. The van der Waals surface area contributed by atoms with Crippen molar-refractivity contribution in [1.82, 2.24) is 61.9 Å². The predicted octanol–water partition coefficient (Wildman–Crippen LogP) is 18.4. The van der Waals surface area contributed by atoms with E-state index in [0.29, 0.717) is 0 Å². The molecule has 0 fully saturated rings. The third-order valence-electron chi connectivity index (χ3n) is 25.7. The molecule has 15 heteroatoms. The van der Waals surface area contributed by atoms with Gasteiger partial charge in [-0.3, -0.25) is 51.9 Å². The van der Waals surface area contributed by atoms with Crippen molar-refractivity contribution in [1.29, 1.82) is 0 Å².